The van der Waals surface area contributed by atoms with Gasteiger partial charge in [-0.2, -0.15) is 5.10 Å². The van der Waals surface area contributed by atoms with Crippen molar-refractivity contribution in [3.63, 3.8) is 0 Å². The maximum Gasteiger partial charge on any atom is 0.272 e. The molecule has 1 aromatic carbocycles. The molecule has 7 nitrogen and oxygen atoms in total. The van der Waals surface area contributed by atoms with Gasteiger partial charge in [0.25, 0.3) is 5.91 Å². The van der Waals surface area contributed by atoms with E-state index >= 15 is 0 Å². The Hall–Kier alpha value is -2.90. The summed E-state index contributed by atoms with van der Waals surface area (Å²) in [5.74, 6) is -0.617. The van der Waals surface area contributed by atoms with E-state index in [1.54, 1.807) is 23.1 Å². The highest BCUT2D eigenvalue weighted by Crippen LogP contribution is 2.17. The van der Waals surface area contributed by atoms with Crippen molar-refractivity contribution in [2.45, 2.75) is 32.4 Å². The maximum absolute atomic E-state index is 13.5. The number of likely N-dealkylation sites (tertiary alicyclic amines) is 1. The number of aromatic amines is 1. The highest BCUT2D eigenvalue weighted by atomic mass is 19.1. The van der Waals surface area contributed by atoms with E-state index in [2.05, 4.69) is 15.5 Å². The number of carbonyl (C=O) groups excluding carboxylic acids is 2. The Morgan fingerprint density at radius 2 is 2.27 bits per heavy atom. The third kappa shape index (κ3) is 4.19. The number of carbonyl (C=O) groups is 2. The van der Waals surface area contributed by atoms with Gasteiger partial charge in [0.2, 0.25) is 5.91 Å². The average Bonchev–Trinajstić information content (AvgIpc) is 3.22. The first-order chi connectivity index (χ1) is 12.6. The normalized spacial score (nSPS) is 16.8. The van der Waals surface area contributed by atoms with Crippen LogP contribution in [-0.2, 0) is 11.4 Å². The fourth-order valence-electron chi connectivity index (χ4n) is 2.88. The van der Waals surface area contributed by atoms with Crippen molar-refractivity contribution in [3.05, 3.63) is 47.5 Å². The van der Waals surface area contributed by atoms with Gasteiger partial charge in [0.05, 0.1) is 11.7 Å². The number of ether oxygens (including phenoxy) is 1. The topological polar surface area (TPSA) is 87.3 Å². The molecule has 138 valence electrons. The van der Waals surface area contributed by atoms with Gasteiger partial charge in [-0.25, -0.2) is 4.39 Å². The Morgan fingerprint density at radius 3 is 3.04 bits per heavy atom. The van der Waals surface area contributed by atoms with Crippen LogP contribution in [0.3, 0.4) is 0 Å². The van der Waals surface area contributed by atoms with E-state index in [1.807, 2.05) is 6.92 Å². The summed E-state index contributed by atoms with van der Waals surface area (Å²) in [5.41, 5.74) is 0.757. The second kappa shape index (κ2) is 7.99. The van der Waals surface area contributed by atoms with Crippen LogP contribution in [0.25, 0.3) is 0 Å². The van der Waals surface area contributed by atoms with E-state index in [4.69, 9.17) is 4.74 Å². The van der Waals surface area contributed by atoms with Crippen molar-refractivity contribution < 1.29 is 18.7 Å². The van der Waals surface area contributed by atoms with Crippen molar-refractivity contribution in [2.24, 2.45) is 0 Å². The van der Waals surface area contributed by atoms with Crippen molar-refractivity contribution >= 4 is 11.8 Å². The molecule has 0 spiro atoms. The zero-order chi connectivity index (χ0) is 18.5. The largest absolute Gasteiger partial charge is 0.484 e. The van der Waals surface area contributed by atoms with Gasteiger partial charge in [-0.15, -0.1) is 0 Å². The van der Waals surface area contributed by atoms with E-state index < -0.39 is 5.82 Å². The van der Waals surface area contributed by atoms with E-state index in [1.165, 1.54) is 12.1 Å². The molecule has 0 radical (unpaired) electrons. The smallest absolute Gasteiger partial charge is 0.272 e. The Labute approximate surface area is 150 Å². The highest BCUT2D eigenvalue weighted by molar-refractivity contribution is 5.93. The number of para-hydroxylation sites is 1. The first kappa shape index (κ1) is 17.9. The minimum absolute atomic E-state index is 0.0538. The number of nitrogens with zero attached hydrogens (tertiary/aromatic N) is 2. The van der Waals surface area contributed by atoms with Gasteiger partial charge in [-0.1, -0.05) is 19.1 Å². The van der Waals surface area contributed by atoms with Crippen LogP contribution in [0.2, 0.25) is 0 Å². The van der Waals surface area contributed by atoms with Crippen LogP contribution >= 0.6 is 0 Å². The number of hydrogen-bond acceptors (Lipinski definition) is 4. The Bertz CT molecular complexity index is 792. The van der Waals surface area contributed by atoms with Gasteiger partial charge in [0.1, 0.15) is 12.3 Å². The average molecular weight is 360 g/mol. The molecule has 1 aliphatic rings. The third-order valence-corrected chi connectivity index (χ3v) is 4.13. The summed E-state index contributed by atoms with van der Waals surface area (Å²) in [6.45, 7) is 3.29. The third-order valence-electron chi connectivity index (χ3n) is 4.13. The van der Waals surface area contributed by atoms with Crippen LogP contribution in [0.4, 0.5) is 4.39 Å². The molecule has 0 unspecified atom stereocenters. The maximum atomic E-state index is 13.5. The van der Waals surface area contributed by atoms with Gasteiger partial charge in [-0.05, 0) is 24.6 Å². The van der Waals surface area contributed by atoms with Gasteiger partial charge >= 0.3 is 0 Å². The number of aromatic nitrogens is 2. The summed E-state index contributed by atoms with van der Waals surface area (Å²) in [6.07, 6.45) is 1.19. The molecule has 1 fully saturated rings. The number of nitrogens with one attached hydrogen (secondary N) is 2. The zero-order valence-electron chi connectivity index (χ0n) is 14.5. The van der Waals surface area contributed by atoms with E-state index in [0.717, 1.165) is 6.42 Å². The Kier molecular flexibility index (Phi) is 5.50. The summed E-state index contributed by atoms with van der Waals surface area (Å²) >= 11 is 0. The summed E-state index contributed by atoms with van der Waals surface area (Å²) in [7, 11) is 0. The molecule has 8 heteroatoms. The lowest BCUT2D eigenvalue weighted by atomic mass is 10.2. The number of hydrogen-bond donors (Lipinski definition) is 2. The standard InChI is InChI=1S/C18H21FN4O3/c1-2-7-23-10-12(9-17(23)24)20-18(25)15-8-13(21-22-15)11-26-16-6-4-3-5-14(16)19/h3-6,8,12H,2,7,9-11H2,1H3,(H,20,25)(H,21,22)/t12-/m1/s1. The number of H-pyrrole nitrogens is 1. The van der Waals surface area contributed by atoms with Crippen LogP contribution in [0, 0.1) is 5.82 Å². The molecular formula is C18H21FN4O3. The van der Waals surface area contributed by atoms with Crippen LogP contribution in [-0.4, -0.2) is 46.0 Å². The lowest BCUT2D eigenvalue weighted by molar-refractivity contribution is -0.127. The van der Waals surface area contributed by atoms with Crippen molar-refractivity contribution in [3.8, 4) is 5.75 Å². The molecule has 26 heavy (non-hydrogen) atoms. The molecule has 2 heterocycles. The first-order valence-corrected chi connectivity index (χ1v) is 8.57. The molecule has 1 aromatic heterocycles. The molecule has 1 aliphatic heterocycles. The Morgan fingerprint density at radius 1 is 1.46 bits per heavy atom. The minimum atomic E-state index is -0.451. The SMILES string of the molecule is CCCN1C[C@H](NC(=O)c2cc(COc3ccccc3F)[nH]n2)CC1=O. The fourth-order valence-corrected chi connectivity index (χ4v) is 2.88. The van der Waals surface area contributed by atoms with Gasteiger partial charge in [-0.3, -0.25) is 14.7 Å². The van der Waals surface area contributed by atoms with E-state index in [9.17, 15) is 14.0 Å². The second-order valence-corrected chi connectivity index (χ2v) is 6.21. The van der Waals surface area contributed by atoms with Gasteiger partial charge in [0, 0.05) is 19.5 Å². The first-order valence-electron chi connectivity index (χ1n) is 8.57. The lowest BCUT2D eigenvalue weighted by Gasteiger charge is -2.15. The summed E-state index contributed by atoms with van der Waals surface area (Å²) in [4.78, 5) is 25.9. The lowest BCUT2D eigenvalue weighted by Crippen LogP contribution is -2.37. The molecule has 0 bridgehead atoms. The molecule has 2 N–H and O–H groups in total. The van der Waals surface area contributed by atoms with Crippen LogP contribution < -0.4 is 10.1 Å². The monoisotopic (exact) mass is 360 g/mol. The summed E-state index contributed by atoms with van der Waals surface area (Å²) < 4.78 is 18.9. The molecule has 0 saturated carbocycles. The molecule has 0 aliphatic carbocycles. The highest BCUT2D eigenvalue weighted by Gasteiger charge is 2.30. The number of rotatable bonds is 7. The zero-order valence-corrected chi connectivity index (χ0v) is 14.5. The molecule has 1 atom stereocenters. The van der Waals surface area contributed by atoms with Crippen molar-refractivity contribution in [1.82, 2.24) is 20.4 Å². The minimum Gasteiger partial charge on any atom is -0.484 e. The number of amides is 2. The van der Waals surface area contributed by atoms with E-state index in [-0.39, 0.29) is 35.9 Å². The van der Waals surface area contributed by atoms with Crippen molar-refractivity contribution in [1.29, 1.82) is 0 Å². The quantitative estimate of drug-likeness (QED) is 0.789. The molecule has 2 amide bonds. The predicted octanol–water partition coefficient (Wildman–Crippen LogP) is 1.87. The summed E-state index contributed by atoms with van der Waals surface area (Å²) in [6, 6.07) is 7.43. The van der Waals surface area contributed by atoms with Crippen LogP contribution in [0.5, 0.6) is 5.75 Å². The molecule has 3 rings (SSSR count). The van der Waals surface area contributed by atoms with Crippen LogP contribution in [0.15, 0.2) is 30.3 Å². The number of benzene rings is 1. The Balaban J connectivity index is 1.53. The second-order valence-electron chi connectivity index (χ2n) is 6.21. The fraction of sp³-hybridized carbons (Fsp3) is 0.389. The van der Waals surface area contributed by atoms with Gasteiger partial charge < -0.3 is 15.0 Å². The van der Waals surface area contributed by atoms with E-state index in [0.29, 0.717) is 25.2 Å². The number of halogens is 1. The molecule has 2 aromatic rings. The predicted molar refractivity (Wildman–Crippen MR) is 92.1 cm³/mol. The van der Waals surface area contributed by atoms with Gasteiger partial charge in [0.15, 0.2) is 11.6 Å². The molecular weight excluding hydrogens is 339 g/mol. The van der Waals surface area contributed by atoms with Crippen molar-refractivity contribution in [2.75, 3.05) is 13.1 Å². The molecule has 1 saturated heterocycles. The summed E-state index contributed by atoms with van der Waals surface area (Å²) in [5, 5.41) is 9.49. The van der Waals surface area contributed by atoms with Crippen LogP contribution in [0.1, 0.15) is 35.9 Å².